The number of thiophene rings is 1. The van der Waals surface area contributed by atoms with Gasteiger partial charge in [-0.2, -0.15) is 0 Å². The summed E-state index contributed by atoms with van der Waals surface area (Å²) in [6.07, 6.45) is 0. The lowest BCUT2D eigenvalue weighted by Crippen LogP contribution is -1.87. The fourth-order valence-corrected chi connectivity index (χ4v) is 3.30. The third kappa shape index (κ3) is 2.91. The summed E-state index contributed by atoms with van der Waals surface area (Å²) in [5, 5.41) is 2.83. The van der Waals surface area contributed by atoms with Crippen molar-refractivity contribution in [2.24, 2.45) is 0 Å². The molecule has 0 spiro atoms. The molecule has 0 radical (unpaired) electrons. The van der Waals surface area contributed by atoms with Crippen LogP contribution >= 0.6 is 34.7 Å². The Labute approximate surface area is 102 Å². The van der Waals surface area contributed by atoms with Gasteiger partial charge in [0.15, 0.2) is 0 Å². The molecule has 1 aromatic carbocycles. The monoisotopic (exact) mass is 255 g/mol. The van der Waals surface area contributed by atoms with E-state index in [4.69, 9.17) is 17.3 Å². The lowest BCUT2D eigenvalue weighted by atomic mass is 10.2. The molecule has 0 saturated heterocycles. The predicted octanol–water partition coefficient (Wildman–Crippen LogP) is 4.28. The molecule has 1 aromatic heterocycles. The summed E-state index contributed by atoms with van der Waals surface area (Å²) in [4.78, 5) is 0. The highest BCUT2D eigenvalue weighted by Gasteiger charge is 2.02. The molecule has 2 N–H and O–H groups in total. The summed E-state index contributed by atoms with van der Waals surface area (Å²) in [7, 11) is 0. The topological polar surface area (TPSA) is 26.0 Å². The first-order chi connectivity index (χ1) is 7.25. The summed E-state index contributed by atoms with van der Waals surface area (Å²) in [5.41, 5.74) is 7.47. The van der Waals surface area contributed by atoms with E-state index in [1.807, 2.05) is 12.1 Å². The third-order valence-electron chi connectivity index (χ3n) is 1.94. The maximum absolute atomic E-state index is 6.08. The number of hydrogen-bond acceptors (Lipinski definition) is 3. The van der Waals surface area contributed by atoms with Crippen LogP contribution in [0.4, 0.5) is 5.69 Å². The molecule has 1 nitrogen and oxygen atoms in total. The Morgan fingerprint density at radius 2 is 2.20 bits per heavy atom. The second-order valence-corrected chi connectivity index (χ2v) is 5.70. The summed E-state index contributed by atoms with van der Waals surface area (Å²) >= 11 is 9.62. The van der Waals surface area contributed by atoms with Crippen molar-refractivity contribution >= 4 is 40.4 Å². The van der Waals surface area contributed by atoms with Gasteiger partial charge in [-0.1, -0.05) is 23.7 Å². The van der Waals surface area contributed by atoms with Crippen LogP contribution in [0.2, 0.25) is 5.02 Å². The fraction of sp³-hybridized carbons (Fsp3) is 0.0909. The maximum Gasteiger partial charge on any atom is 0.0601 e. The molecule has 0 bridgehead atoms. The SMILES string of the molecule is Nc1ccc(CSc2cccs2)c(Cl)c1. The number of thioether (sulfide) groups is 1. The molecule has 4 heteroatoms. The minimum atomic E-state index is 0.713. The van der Waals surface area contributed by atoms with Crippen LogP contribution in [-0.2, 0) is 5.75 Å². The van der Waals surface area contributed by atoms with E-state index in [1.54, 1.807) is 29.2 Å². The number of anilines is 1. The van der Waals surface area contributed by atoms with Gasteiger partial charge in [0.05, 0.1) is 4.21 Å². The van der Waals surface area contributed by atoms with Crippen LogP contribution in [0.25, 0.3) is 0 Å². The van der Waals surface area contributed by atoms with Crippen molar-refractivity contribution < 1.29 is 0 Å². The van der Waals surface area contributed by atoms with Gasteiger partial charge in [-0.15, -0.1) is 23.1 Å². The average molecular weight is 256 g/mol. The number of rotatable bonds is 3. The number of benzene rings is 1. The number of nitrogen functional groups attached to an aromatic ring is 1. The maximum atomic E-state index is 6.08. The third-order valence-corrected chi connectivity index (χ3v) is 4.47. The van der Waals surface area contributed by atoms with E-state index in [0.717, 1.165) is 16.3 Å². The van der Waals surface area contributed by atoms with Crippen LogP contribution in [0.1, 0.15) is 5.56 Å². The first-order valence-corrected chi connectivity index (χ1v) is 6.70. The van der Waals surface area contributed by atoms with Crippen LogP contribution < -0.4 is 5.73 Å². The summed E-state index contributed by atoms with van der Waals surface area (Å²) in [6.45, 7) is 0. The van der Waals surface area contributed by atoms with Gasteiger partial charge in [0, 0.05) is 16.5 Å². The molecule has 2 rings (SSSR count). The van der Waals surface area contributed by atoms with Crippen molar-refractivity contribution in [2.75, 3.05) is 5.73 Å². The van der Waals surface area contributed by atoms with Gasteiger partial charge in [0.25, 0.3) is 0 Å². The van der Waals surface area contributed by atoms with Crippen molar-refractivity contribution in [3.8, 4) is 0 Å². The van der Waals surface area contributed by atoms with E-state index < -0.39 is 0 Å². The zero-order valence-electron chi connectivity index (χ0n) is 7.94. The Kier molecular flexibility index (Phi) is 3.57. The first-order valence-electron chi connectivity index (χ1n) is 4.46. The van der Waals surface area contributed by atoms with Crippen molar-refractivity contribution in [1.29, 1.82) is 0 Å². The molecular weight excluding hydrogens is 246 g/mol. The molecule has 0 fully saturated rings. The van der Waals surface area contributed by atoms with Gasteiger partial charge < -0.3 is 5.73 Å². The zero-order valence-corrected chi connectivity index (χ0v) is 10.3. The van der Waals surface area contributed by atoms with Gasteiger partial charge in [-0.05, 0) is 29.1 Å². The molecule has 0 saturated carbocycles. The van der Waals surface area contributed by atoms with Crippen molar-refractivity contribution in [1.82, 2.24) is 0 Å². The van der Waals surface area contributed by atoms with Crippen molar-refractivity contribution in [2.45, 2.75) is 9.96 Å². The Bertz CT molecular complexity index is 440. The summed E-state index contributed by atoms with van der Waals surface area (Å²) in [6, 6.07) is 9.83. The van der Waals surface area contributed by atoms with Gasteiger partial charge in [-0.25, -0.2) is 0 Å². The Hall–Kier alpha value is -0.640. The van der Waals surface area contributed by atoms with E-state index in [0.29, 0.717) is 5.69 Å². The molecule has 1 heterocycles. The Morgan fingerprint density at radius 3 is 2.87 bits per heavy atom. The second kappa shape index (κ2) is 4.92. The second-order valence-electron chi connectivity index (χ2n) is 3.07. The van der Waals surface area contributed by atoms with Gasteiger partial charge in [0.2, 0.25) is 0 Å². The molecule has 78 valence electrons. The Balaban J connectivity index is 2.05. The number of halogens is 1. The molecule has 0 unspecified atom stereocenters. The molecule has 0 atom stereocenters. The van der Waals surface area contributed by atoms with Crippen molar-refractivity contribution in [3.63, 3.8) is 0 Å². The number of hydrogen-bond donors (Lipinski definition) is 1. The highest BCUT2D eigenvalue weighted by atomic mass is 35.5. The van der Waals surface area contributed by atoms with E-state index in [2.05, 4.69) is 17.5 Å². The van der Waals surface area contributed by atoms with E-state index in [1.165, 1.54) is 4.21 Å². The first kappa shape index (κ1) is 10.9. The summed E-state index contributed by atoms with van der Waals surface area (Å²) < 4.78 is 1.31. The van der Waals surface area contributed by atoms with E-state index >= 15 is 0 Å². The molecule has 0 amide bonds. The van der Waals surface area contributed by atoms with E-state index in [-0.39, 0.29) is 0 Å². The molecule has 0 aliphatic rings. The normalized spacial score (nSPS) is 10.5. The van der Waals surface area contributed by atoms with E-state index in [9.17, 15) is 0 Å². The number of nitrogens with two attached hydrogens (primary N) is 1. The van der Waals surface area contributed by atoms with Crippen LogP contribution in [0.15, 0.2) is 39.9 Å². The Morgan fingerprint density at radius 1 is 1.33 bits per heavy atom. The standard InChI is InChI=1S/C11H10ClNS2/c12-10-6-9(13)4-3-8(10)7-15-11-2-1-5-14-11/h1-6H,7,13H2. The van der Waals surface area contributed by atoms with Crippen LogP contribution in [0, 0.1) is 0 Å². The minimum absolute atomic E-state index is 0.713. The predicted molar refractivity (Wildman–Crippen MR) is 69.7 cm³/mol. The van der Waals surface area contributed by atoms with Crippen molar-refractivity contribution in [3.05, 3.63) is 46.3 Å². The lowest BCUT2D eigenvalue weighted by molar-refractivity contribution is 1.41. The zero-order chi connectivity index (χ0) is 10.7. The quantitative estimate of drug-likeness (QED) is 0.655. The average Bonchev–Trinajstić information content (AvgIpc) is 2.69. The fourth-order valence-electron chi connectivity index (χ4n) is 1.18. The van der Waals surface area contributed by atoms with Crippen LogP contribution in [0.3, 0.4) is 0 Å². The van der Waals surface area contributed by atoms with Crippen LogP contribution in [0.5, 0.6) is 0 Å². The van der Waals surface area contributed by atoms with Crippen LogP contribution in [-0.4, -0.2) is 0 Å². The van der Waals surface area contributed by atoms with Gasteiger partial charge in [-0.3, -0.25) is 0 Å². The highest BCUT2D eigenvalue weighted by molar-refractivity contribution is 8.00. The lowest BCUT2D eigenvalue weighted by Gasteiger charge is -2.03. The smallest absolute Gasteiger partial charge is 0.0601 e. The molecule has 0 aliphatic heterocycles. The summed E-state index contributed by atoms with van der Waals surface area (Å²) in [5.74, 6) is 0.889. The molecule has 2 aromatic rings. The molecule has 15 heavy (non-hydrogen) atoms. The molecule has 0 aliphatic carbocycles. The van der Waals surface area contributed by atoms with Gasteiger partial charge in [0.1, 0.15) is 0 Å². The minimum Gasteiger partial charge on any atom is -0.399 e. The largest absolute Gasteiger partial charge is 0.399 e. The molecular formula is C11H10ClNS2. The highest BCUT2D eigenvalue weighted by Crippen LogP contribution is 2.30. The van der Waals surface area contributed by atoms with Gasteiger partial charge >= 0.3 is 0 Å².